The summed E-state index contributed by atoms with van der Waals surface area (Å²) in [6, 6.07) is 9.22. The maximum atomic E-state index is 14.7. The number of pyridine rings is 1. The Kier molecular flexibility index (Phi) is 6.13. The maximum Gasteiger partial charge on any atom is 0.165 e. The van der Waals surface area contributed by atoms with Gasteiger partial charge in [-0.1, -0.05) is 13.3 Å². The topological polar surface area (TPSA) is 49.2 Å². The number of aryl methyl sites for hydroxylation is 2. The van der Waals surface area contributed by atoms with Gasteiger partial charge in [0.1, 0.15) is 5.82 Å². The second-order valence-corrected chi connectivity index (χ2v) is 7.73. The molecule has 1 aromatic carbocycles. The molecule has 0 atom stereocenters. The van der Waals surface area contributed by atoms with Gasteiger partial charge in [-0.3, -0.25) is 4.98 Å². The van der Waals surface area contributed by atoms with Crippen LogP contribution in [0.15, 0.2) is 30.3 Å². The SMILES string of the molecule is CCCCOc1ccc(-c2nc(-c3cc(C)nc(C)c3)c3n2CCOCC3)cc1F. The first kappa shape index (κ1) is 20.5. The van der Waals surface area contributed by atoms with E-state index < -0.39 is 0 Å². The molecule has 1 aliphatic rings. The first-order valence-corrected chi connectivity index (χ1v) is 10.6. The van der Waals surface area contributed by atoms with E-state index in [0.717, 1.165) is 59.0 Å². The Bertz CT molecular complexity index is 1020. The minimum absolute atomic E-state index is 0.291. The summed E-state index contributed by atoms with van der Waals surface area (Å²) in [5, 5.41) is 0. The van der Waals surface area contributed by atoms with Crippen molar-refractivity contribution in [1.82, 2.24) is 14.5 Å². The number of benzene rings is 1. The highest BCUT2D eigenvalue weighted by Gasteiger charge is 2.22. The predicted molar refractivity (Wildman–Crippen MR) is 115 cm³/mol. The minimum atomic E-state index is -0.358. The molecule has 0 radical (unpaired) electrons. The highest BCUT2D eigenvalue weighted by Crippen LogP contribution is 2.33. The zero-order chi connectivity index (χ0) is 21.1. The Hall–Kier alpha value is -2.73. The van der Waals surface area contributed by atoms with Crippen LogP contribution < -0.4 is 4.74 Å². The summed E-state index contributed by atoms with van der Waals surface area (Å²) in [6.45, 7) is 8.54. The van der Waals surface area contributed by atoms with Gasteiger partial charge in [0.05, 0.1) is 25.5 Å². The fourth-order valence-electron chi connectivity index (χ4n) is 3.91. The lowest BCUT2D eigenvalue weighted by Gasteiger charge is -2.10. The van der Waals surface area contributed by atoms with E-state index in [2.05, 4.69) is 28.6 Å². The average molecular weight is 410 g/mol. The summed E-state index contributed by atoms with van der Waals surface area (Å²) in [5.74, 6) is 0.693. The van der Waals surface area contributed by atoms with E-state index in [4.69, 9.17) is 14.5 Å². The molecule has 0 fully saturated rings. The Morgan fingerprint density at radius 1 is 1.07 bits per heavy atom. The third-order valence-electron chi connectivity index (χ3n) is 5.32. The fraction of sp³-hybridized carbons (Fsp3) is 0.417. The zero-order valence-corrected chi connectivity index (χ0v) is 17.9. The highest BCUT2D eigenvalue weighted by atomic mass is 19.1. The normalized spacial score (nSPS) is 13.7. The van der Waals surface area contributed by atoms with Crippen LogP contribution in [0.1, 0.15) is 36.8 Å². The largest absolute Gasteiger partial charge is 0.491 e. The van der Waals surface area contributed by atoms with Crippen molar-refractivity contribution in [3.63, 3.8) is 0 Å². The predicted octanol–water partition coefficient (Wildman–Crippen LogP) is 5.12. The van der Waals surface area contributed by atoms with Crippen molar-refractivity contribution in [2.45, 2.75) is 46.6 Å². The van der Waals surface area contributed by atoms with Gasteiger partial charge in [0.2, 0.25) is 0 Å². The summed E-state index contributed by atoms with van der Waals surface area (Å²) in [7, 11) is 0. The lowest BCUT2D eigenvalue weighted by Crippen LogP contribution is -2.06. The molecule has 4 rings (SSSR count). The Morgan fingerprint density at radius 3 is 2.60 bits per heavy atom. The average Bonchev–Trinajstić information content (AvgIpc) is 2.89. The lowest BCUT2D eigenvalue weighted by atomic mass is 10.1. The van der Waals surface area contributed by atoms with Crippen LogP contribution in [0, 0.1) is 19.7 Å². The van der Waals surface area contributed by atoms with Crippen LogP contribution in [0.25, 0.3) is 22.6 Å². The second-order valence-electron chi connectivity index (χ2n) is 7.73. The van der Waals surface area contributed by atoms with E-state index in [1.807, 2.05) is 19.9 Å². The number of aromatic nitrogens is 3. The molecule has 6 heteroatoms. The van der Waals surface area contributed by atoms with Crippen molar-refractivity contribution >= 4 is 0 Å². The van der Waals surface area contributed by atoms with Crippen LogP contribution >= 0.6 is 0 Å². The molecule has 1 aliphatic heterocycles. The van der Waals surface area contributed by atoms with E-state index in [-0.39, 0.29) is 5.82 Å². The number of fused-ring (bicyclic) bond motifs is 1. The Balaban J connectivity index is 1.77. The molecule has 158 valence electrons. The van der Waals surface area contributed by atoms with Crippen molar-refractivity contribution in [3.8, 4) is 28.4 Å². The molecule has 2 aromatic heterocycles. The molecule has 0 saturated heterocycles. The van der Waals surface area contributed by atoms with Gasteiger partial charge >= 0.3 is 0 Å². The van der Waals surface area contributed by atoms with Crippen molar-refractivity contribution in [2.24, 2.45) is 0 Å². The van der Waals surface area contributed by atoms with E-state index in [1.54, 1.807) is 6.07 Å². The molecule has 0 unspecified atom stereocenters. The molecule has 0 aliphatic carbocycles. The molecular weight excluding hydrogens is 381 g/mol. The van der Waals surface area contributed by atoms with E-state index >= 15 is 0 Å². The van der Waals surface area contributed by atoms with E-state index in [9.17, 15) is 4.39 Å². The molecule has 30 heavy (non-hydrogen) atoms. The Labute approximate surface area is 176 Å². The molecule has 0 spiro atoms. The third kappa shape index (κ3) is 4.24. The van der Waals surface area contributed by atoms with Crippen LogP contribution in [0.2, 0.25) is 0 Å². The number of rotatable bonds is 6. The molecule has 0 saturated carbocycles. The number of hydrogen-bond acceptors (Lipinski definition) is 4. The number of imidazole rings is 1. The quantitative estimate of drug-likeness (QED) is 0.530. The first-order chi connectivity index (χ1) is 14.6. The Morgan fingerprint density at radius 2 is 1.87 bits per heavy atom. The molecule has 0 bridgehead atoms. The van der Waals surface area contributed by atoms with Gasteiger partial charge in [-0.05, 0) is 50.6 Å². The monoisotopic (exact) mass is 409 g/mol. The van der Waals surface area contributed by atoms with Crippen molar-refractivity contribution < 1.29 is 13.9 Å². The van der Waals surface area contributed by atoms with Gasteiger partial charge in [-0.15, -0.1) is 0 Å². The summed E-state index contributed by atoms with van der Waals surface area (Å²) in [4.78, 5) is 9.46. The maximum absolute atomic E-state index is 14.7. The standard InChI is InChI=1S/C24H28FN3O2/c1-4-5-10-30-22-7-6-18(15-20(22)25)24-27-23(19-13-16(2)26-17(3)14-19)21-8-11-29-12-9-28(21)24/h6-7,13-15H,4-5,8-12H2,1-3H3. The molecule has 3 heterocycles. The van der Waals surface area contributed by atoms with Crippen LogP contribution in [-0.2, 0) is 17.7 Å². The van der Waals surface area contributed by atoms with Crippen LogP contribution in [-0.4, -0.2) is 34.4 Å². The van der Waals surface area contributed by atoms with Crippen LogP contribution in [0.5, 0.6) is 5.75 Å². The van der Waals surface area contributed by atoms with Crippen molar-refractivity contribution in [2.75, 3.05) is 19.8 Å². The van der Waals surface area contributed by atoms with Gasteiger partial charge in [0.25, 0.3) is 0 Å². The van der Waals surface area contributed by atoms with Gasteiger partial charge in [0, 0.05) is 41.2 Å². The van der Waals surface area contributed by atoms with Crippen LogP contribution in [0.4, 0.5) is 4.39 Å². The molecule has 0 N–H and O–H groups in total. The van der Waals surface area contributed by atoms with Gasteiger partial charge in [0.15, 0.2) is 11.6 Å². The van der Waals surface area contributed by atoms with Crippen LogP contribution in [0.3, 0.4) is 0 Å². The molecule has 3 aromatic rings. The van der Waals surface area contributed by atoms with Gasteiger partial charge in [-0.25, -0.2) is 9.37 Å². The molecule has 0 amide bonds. The number of nitrogens with zero attached hydrogens (tertiary/aromatic N) is 3. The summed E-state index contributed by atoms with van der Waals surface area (Å²) >= 11 is 0. The number of ether oxygens (including phenoxy) is 2. The third-order valence-corrected chi connectivity index (χ3v) is 5.32. The van der Waals surface area contributed by atoms with Gasteiger partial charge in [-0.2, -0.15) is 0 Å². The molecule has 5 nitrogen and oxygen atoms in total. The first-order valence-electron chi connectivity index (χ1n) is 10.6. The highest BCUT2D eigenvalue weighted by molar-refractivity contribution is 5.69. The van der Waals surface area contributed by atoms with Crippen molar-refractivity contribution in [1.29, 1.82) is 0 Å². The summed E-state index contributed by atoms with van der Waals surface area (Å²) < 4.78 is 28.2. The number of hydrogen-bond donors (Lipinski definition) is 0. The minimum Gasteiger partial charge on any atom is -0.491 e. The smallest absolute Gasteiger partial charge is 0.165 e. The van der Waals surface area contributed by atoms with E-state index in [1.165, 1.54) is 6.07 Å². The van der Waals surface area contributed by atoms with Crippen molar-refractivity contribution in [3.05, 3.63) is 53.2 Å². The summed E-state index contributed by atoms with van der Waals surface area (Å²) in [6.07, 6.45) is 2.69. The number of halogens is 1. The fourth-order valence-corrected chi connectivity index (χ4v) is 3.91. The lowest BCUT2D eigenvalue weighted by molar-refractivity contribution is 0.140. The number of unbranched alkanes of at least 4 members (excludes halogenated alkanes) is 1. The van der Waals surface area contributed by atoms with E-state index in [0.29, 0.717) is 32.1 Å². The van der Waals surface area contributed by atoms with Gasteiger partial charge < -0.3 is 14.0 Å². The zero-order valence-electron chi connectivity index (χ0n) is 17.9. The molecular formula is C24H28FN3O2. The second kappa shape index (κ2) is 8.96. The summed E-state index contributed by atoms with van der Waals surface area (Å²) in [5.41, 5.74) is 5.74.